The molecule has 0 heterocycles. The fraction of sp³-hybridized carbons (Fsp3) is 1.00. The van der Waals surface area contributed by atoms with Gasteiger partial charge in [0.1, 0.15) is 12.7 Å². The molecule has 0 amide bonds. The van der Waals surface area contributed by atoms with E-state index in [1.54, 1.807) is 0 Å². The topological polar surface area (TPSA) is 68.2 Å². The van der Waals surface area contributed by atoms with Crippen LogP contribution in [0.15, 0.2) is 0 Å². The van der Waals surface area contributed by atoms with E-state index < -0.39 is 18.7 Å². The molecule has 2 unspecified atom stereocenters. The van der Waals surface area contributed by atoms with Gasteiger partial charge in [-0.15, -0.1) is 0 Å². The number of hydrogen-bond acceptors (Lipinski definition) is 5. The summed E-state index contributed by atoms with van der Waals surface area (Å²) in [6.07, 6.45) is -2.60. The summed E-state index contributed by atoms with van der Waals surface area (Å²) in [5.41, 5.74) is 0. The Hall–Kier alpha value is -0.200. The van der Waals surface area contributed by atoms with E-state index in [9.17, 15) is 0 Å². The average Bonchev–Trinajstić information content (AvgIpc) is 2.14. The highest BCUT2D eigenvalue weighted by Gasteiger charge is 2.15. The second-order valence-electron chi connectivity index (χ2n) is 2.80. The van der Waals surface area contributed by atoms with Crippen molar-refractivity contribution < 1.29 is 24.4 Å². The van der Waals surface area contributed by atoms with Crippen LogP contribution in [0.25, 0.3) is 0 Å². The summed E-state index contributed by atoms with van der Waals surface area (Å²) in [5.74, 6) is 0. The summed E-state index contributed by atoms with van der Waals surface area (Å²) >= 11 is 0. The first-order chi connectivity index (χ1) is 6.61. The van der Waals surface area contributed by atoms with Crippen LogP contribution in [-0.4, -0.2) is 48.7 Å². The molecule has 0 saturated carbocycles. The summed E-state index contributed by atoms with van der Waals surface area (Å²) in [4.78, 5) is 0. The molecule has 0 fully saturated rings. The molecule has 14 heavy (non-hydrogen) atoms. The van der Waals surface area contributed by atoms with Crippen molar-refractivity contribution in [3.05, 3.63) is 0 Å². The second kappa shape index (κ2) is 8.14. The lowest BCUT2D eigenvalue weighted by molar-refractivity contribution is -0.222. The zero-order valence-corrected chi connectivity index (χ0v) is 8.97. The van der Waals surface area contributed by atoms with Gasteiger partial charge in [-0.2, -0.15) is 0 Å². The Morgan fingerprint density at radius 3 is 1.86 bits per heavy atom. The molecule has 0 aromatic heterocycles. The Kier molecular flexibility index (Phi) is 8.02. The lowest BCUT2D eigenvalue weighted by Gasteiger charge is -2.20. The van der Waals surface area contributed by atoms with Crippen LogP contribution in [-0.2, 0) is 14.2 Å². The zero-order valence-electron chi connectivity index (χ0n) is 8.97. The maximum Gasteiger partial charge on any atom is 0.180 e. The van der Waals surface area contributed by atoms with E-state index in [0.29, 0.717) is 13.2 Å². The molecule has 0 aliphatic rings. The Morgan fingerprint density at radius 2 is 1.50 bits per heavy atom. The van der Waals surface area contributed by atoms with Gasteiger partial charge in [-0.25, -0.2) is 0 Å². The number of hydrogen-bond donors (Lipinski definition) is 2. The predicted molar refractivity (Wildman–Crippen MR) is 50.7 cm³/mol. The summed E-state index contributed by atoms with van der Waals surface area (Å²) in [5, 5.41) is 18.1. The first kappa shape index (κ1) is 13.8. The van der Waals surface area contributed by atoms with Gasteiger partial charge in [-0.3, -0.25) is 0 Å². The Labute approximate surface area is 84.6 Å². The molecular formula is C9H20O5. The molecule has 2 atom stereocenters. The third kappa shape index (κ3) is 6.28. The summed E-state index contributed by atoms with van der Waals surface area (Å²) < 4.78 is 15.3. The van der Waals surface area contributed by atoms with Crippen molar-refractivity contribution in [2.75, 3.05) is 19.8 Å². The molecule has 0 bridgehead atoms. The van der Waals surface area contributed by atoms with Crippen LogP contribution in [0.5, 0.6) is 0 Å². The monoisotopic (exact) mass is 208 g/mol. The van der Waals surface area contributed by atoms with Gasteiger partial charge >= 0.3 is 0 Å². The lowest BCUT2D eigenvalue weighted by Crippen LogP contribution is -2.32. The third-order valence-electron chi connectivity index (χ3n) is 1.52. The van der Waals surface area contributed by atoms with Gasteiger partial charge in [0, 0.05) is 13.2 Å². The van der Waals surface area contributed by atoms with E-state index in [1.165, 1.54) is 6.92 Å². The Bertz CT molecular complexity index is 122. The molecule has 0 aliphatic carbocycles. The highest BCUT2D eigenvalue weighted by molar-refractivity contribution is 4.50. The van der Waals surface area contributed by atoms with Gasteiger partial charge in [-0.05, 0) is 20.8 Å². The van der Waals surface area contributed by atoms with Crippen LogP contribution in [0.3, 0.4) is 0 Å². The van der Waals surface area contributed by atoms with Crippen molar-refractivity contribution in [1.82, 2.24) is 0 Å². The van der Waals surface area contributed by atoms with Crippen LogP contribution in [0.1, 0.15) is 20.8 Å². The predicted octanol–water partition coefficient (Wildman–Crippen LogP) is 0.101. The zero-order chi connectivity index (χ0) is 11.0. The van der Waals surface area contributed by atoms with E-state index >= 15 is 0 Å². The number of rotatable bonds is 8. The maximum atomic E-state index is 9.13. The van der Waals surface area contributed by atoms with Crippen LogP contribution < -0.4 is 0 Å². The van der Waals surface area contributed by atoms with Gasteiger partial charge in [0.2, 0.25) is 0 Å². The molecule has 5 nitrogen and oxygen atoms in total. The minimum absolute atomic E-state index is 0.105. The van der Waals surface area contributed by atoms with Gasteiger partial charge in [0.25, 0.3) is 0 Å². The molecule has 0 aromatic carbocycles. The molecule has 0 radical (unpaired) electrons. The van der Waals surface area contributed by atoms with Crippen LogP contribution in [0.4, 0.5) is 0 Å². The SMILES string of the molecule is CCOC(COC(O)C(C)O)OCC. The molecule has 86 valence electrons. The van der Waals surface area contributed by atoms with Crippen molar-refractivity contribution >= 4 is 0 Å². The molecule has 0 rings (SSSR count). The normalized spacial score (nSPS) is 15.9. The molecule has 2 N–H and O–H groups in total. The van der Waals surface area contributed by atoms with Crippen molar-refractivity contribution in [3.63, 3.8) is 0 Å². The van der Waals surface area contributed by atoms with Gasteiger partial charge in [0.15, 0.2) is 12.6 Å². The highest BCUT2D eigenvalue weighted by Crippen LogP contribution is 2.00. The smallest absolute Gasteiger partial charge is 0.180 e. The Morgan fingerprint density at radius 1 is 1.00 bits per heavy atom. The van der Waals surface area contributed by atoms with Crippen molar-refractivity contribution in [2.45, 2.75) is 39.5 Å². The fourth-order valence-electron chi connectivity index (χ4n) is 0.833. The first-order valence-electron chi connectivity index (χ1n) is 4.82. The molecule has 0 saturated heterocycles. The number of aliphatic hydroxyl groups excluding tert-OH is 2. The Balaban J connectivity index is 3.68. The molecule has 0 aliphatic heterocycles. The molecule has 0 aromatic rings. The van der Waals surface area contributed by atoms with Gasteiger partial charge in [-0.1, -0.05) is 0 Å². The van der Waals surface area contributed by atoms with Crippen molar-refractivity contribution in [1.29, 1.82) is 0 Å². The minimum atomic E-state index is -1.20. The first-order valence-corrected chi connectivity index (χ1v) is 4.82. The quantitative estimate of drug-likeness (QED) is 0.554. The van der Waals surface area contributed by atoms with Crippen molar-refractivity contribution in [3.8, 4) is 0 Å². The molecule has 0 spiro atoms. The van der Waals surface area contributed by atoms with Gasteiger partial charge < -0.3 is 24.4 Å². The van der Waals surface area contributed by atoms with E-state index in [1.807, 2.05) is 13.8 Å². The maximum absolute atomic E-state index is 9.13. The van der Waals surface area contributed by atoms with E-state index in [4.69, 9.17) is 24.4 Å². The van der Waals surface area contributed by atoms with Crippen LogP contribution in [0, 0.1) is 0 Å². The lowest BCUT2D eigenvalue weighted by atomic mass is 10.4. The molecule has 5 heteroatoms. The standard InChI is InChI=1S/C9H20O5/c1-4-12-8(13-5-2)6-14-9(11)7(3)10/h7-11H,4-6H2,1-3H3. The number of ether oxygens (including phenoxy) is 3. The largest absolute Gasteiger partial charge is 0.388 e. The minimum Gasteiger partial charge on any atom is -0.388 e. The summed E-state index contributed by atoms with van der Waals surface area (Å²) in [7, 11) is 0. The van der Waals surface area contributed by atoms with Gasteiger partial charge in [0.05, 0.1) is 0 Å². The van der Waals surface area contributed by atoms with E-state index in [-0.39, 0.29) is 6.61 Å². The number of aliphatic hydroxyl groups is 2. The van der Waals surface area contributed by atoms with E-state index in [0.717, 1.165) is 0 Å². The summed E-state index contributed by atoms with van der Waals surface area (Å²) in [6, 6.07) is 0. The van der Waals surface area contributed by atoms with E-state index in [2.05, 4.69) is 0 Å². The third-order valence-corrected chi connectivity index (χ3v) is 1.52. The average molecular weight is 208 g/mol. The van der Waals surface area contributed by atoms with Crippen LogP contribution in [0.2, 0.25) is 0 Å². The molecular weight excluding hydrogens is 188 g/mol. The second-order valence-corrected chi connectivity index (χ2v) is 2.80. The van der Waals surface area contributed by atoms with Crippen LogP contribution >= 0.6 is 0 Å². The van der Waals surface area contributed by atoms with Crippen molar-refractivity contribution in [2.24, 2.45) is 0 Å². The fourth-order valence-corrected chi connectivity index (χ4v) is 0.833. The summed E-state index contributed by atoms with van der Waals surface area (Å²) in [6.45, 7) is 6.26. The highest BCUT2D eigenvalue weighted by atomic mass is 16.7.